The molecule has 0 fully saturated rings. The topological polar surface area (TPSA) is 64.9 Å². The van der Waals surface area contributed by atoms with Gasteiger partial charge >= 0.3 is 6.18 Å². The Morgan fingerprint density at radius 3 is 2.62 bits per heavy atom. The molecular weight excluding hydrogens is 219 g/mol. The molecule has 6 heteroatoms. The molecule has 0 radical (unpaired) electrons. The molecule has 0 amide bonds. The van der Waals surface area contributed by atoms with E-state index in [1.807, 2.05) is 0 Å². The third-order valence-corrected chi connectivity index (χ3v) is 1.73. The minimum Gasteiger partial charge on any atom is -0.383 e. The molecule has 0 aromatic carbocycles. The van der Waals surface area contributed by atoms with Crippen molar-refractivity contribution in [3.05, 3.63) is 23.4 Å². The van der Waals surface area contributed by atoms with E-state index in [2.05, 4.69) is 16.8 Å². The van der Waals surface area contributed by atoms with E-state index in [9.17, 15) is 13.2 Å². The zero-order valence-corrected chi connectivity index (χ0v) is 8.30. The van der Waals surface area contributed by atoms with Crippen molar-refractivity contribution in [3.8, 4) is 11.8 Å². The van der Waals surface area contributed by atoms with Crippen LogP contribution in [0.2, 0.25) is 0 Å². The number of hydrogen-bond donors (Lipinski definition) is 2. The third-order valence-electron chi connectivity index (χ3n) is 1.73. The lowest BCUT2D eigenvalue weighted by Gasteiger charge is -2.08. The van der Waals surface area contributed by atoms with Gasteiger partial charge in [0.1, 0.15) is 5.82 Å². The van der Waals surface area contributed by atoms with E-state index in [4.69, 9.17) is 11.5 Å². The Labute approximate surface area is 90.7 Å². The van der Waals surface area contributed by atoms with Crippen molar-refractivity contribution in [2.24, 2.45) is 5.73 Å². The Kier molecular flexibility index (Phi) is 3.74. The molecule has 86 valence electrons. The monoisotopic (exact) mass is 229 g/mol. The first-order valence-corrected chi connectivity index (χ1v) is 4.47. The van der Waals surface area contributed by atoms with E-state index < -0.39 is 17.6 Å². The van der Waals surface area contributed by atoms with E-state index >= 15 is 0 Å². The predicted molar refractivity (Wildman–Crippen MR) is 54.2 cm³/mol. The number of nitrogens with two attached hydrogens (primary N) is 2. The van der Waals surface area contributed by atoms with Crippen molar-refractivity contribution in [3.63, 3.8) is 0 Å². The fraction of sp³-hybridized carbons (Fsp3) is 0.300. The van der Waals surface area contributed by atoms with Crippen LogP contribution in [0.4, 0.5) is 19.0 Å². The van der Waals surface area contributed by atoms with Gasteiger partial charge in [-0.1, -0.05) is 11.8 Å². The third kappa shape index (κ3) is 3.14. The number of nitrogens with zero attached hydrogens (tertiary/aromatic N) is 1. The number of halogens is 3. The van der Waals surface area contributed by atoms with Gasteiger partial charge in [-0.2, -0.15) is 13.2 Å². The summed E-state index contributed by atoms with van der Waals surface area (Å²) in [5, 5.41) is 0. The van der Waals surface area contributed by atoms with E-state index in [0.717, 1.165) is 6.07 Å². The van der Waals surface area contributed by atoms with Gasteiger partial charge in [0, 0.05) is 24.7 Å². The maximum atomic E-state index is 12.4. The normalized spacial score (nSPS) is 10.8. The van der Waals surface area contributed by atoms with E-state index in [1.165, 1.54) is 6.20 Å². The maximum absolute atomic E-state index is 12.4. The van der Waals surface area contributed by atoms with Gasteiger partial charge in [0.05, 0.1) is 5.56 Å². The molecule has 16 heavy (non-hydrogen) atoms. The van der Waals surface area contributed by atoms with E-state index in [1.54, 1.807) is 0 Å². The van der Waals surface area contributed by atoms with Gasteiger partial charge in [0.25, 0.3) is 0 Å². The molecule has 0 aliphatic rings. The summed E-state index contributed by atoms with van der Waals surface area (Å²) in [6, 6.07) is 0.881. The molecule has 1 aromatic heterocycles. The van der Waals surface area contributed by atoms with Crippen molar-refractivity contribution >= 4 is 5.82 Å². The van der Waals surface area contributed by atoms with Crippen LogP contribution in [0.25, 0.3) is 0 Å². The minimum absolute atomic E-state index is 0.176. The Hall–Kier alpha value is -1.74. The first kappa shape index (κ1) is 12.3. The number of hydrogen-bond acceptors (Lipinski definition) is 3. The van der Waals surface area contributed by atoms with Gasteiger partial charge < -0.3 is 11.5 Å². The highest BCUT2D eigenvalue weighted by Crippen LogP contribution is 2.32. The van der Waals surface area contributed by atoms with Crippen LogP contribution in [0.1, 0.15) is 17.5 Å². The molecule has 0 bridgehead atoms. The summed E-state index contributed by atoms with van der Waals surface area (Å²) in [5.74, 6) is 4.62. The van der Waals surface area contributed by atoms with Gasteiger partial charge in [0.2, 0.25) is 0 Å². The highest BCUT2D eigenvalue weighted by Gasteiger charge is 2.33. The molecule has 0 unspecified atom stereocenters. The standard InChI is InChI=1S/C10H10F3N3/c11-10(12,13)8-5-7(3-1-2-4-14)6-16-9(8)15/h5-6H,2,4,14H2,(H2,15,16). The smallest absolute Gasteiger partial charge is 0.383 e. The summed E-state index contributed by atoms with van der Waals surface area (Å²) < 4.78 is 37.3. The number of anilines is 1. The zero-order valence-electron chi connectivity index (χ0n) is 8.30. The molecular formula is C10H10F3N3. The van der Waals surface area contributed by atoms with Gasteiger partial charge in [-0.05, 0) is 6.07 Å². The zero-order chi connectivity index (χ0) is 12.2. The summed E-state index contributed by atoms with van der Waals surface area (Å²) in [6.07, 6.45) is -2.89. The number of rotatable bonds is 1. The fourth-order valence-corrected chi connectivity index (χ4v) is 1.01. The van der Waals surface area contributed by atoms with Crippen LogP contribution in [0.15, 0.2) is 12.3 Å². The molecule has 0 spiro atoms. The van der Waals surface area contributed by atoms with Crippen molar-refractivity contribution in [1.29, 1.82) is 0 Å². The first-order valence-electron chi connectivity index (χ1n) is 4.47. The van der Waals surface area contributed by atoms with Gasteiger partial charge in [-0.3, -0.25) is 0 Å². The molecule has 0 saturated carbocycles. The molecule has 0 aliphatic carbocycles. The molecule has 4 N–H and O–H groups in total. The lowest BCUT2D eigenvalue weighted by atomic mass is 10.2. The molecule has 0 aliphatic heterocycles. The average Bonchev–Trinajstić information content (AvgIpc) is 2.19. The molecule has 1 heterocycles. The van der Waals surface area contributed by atoms with Crippen LogP contribution in [-0.2, 0) is 6.18 Å². The van der Waals surface area contributed by atoms with Gasteiger partial charge in [0.15, 0.2) is 0 Å². The maximum Gasteiger partial charge on any atom is 0.419 e. The fourth-order valence-electron chi connectivity index (χ4n) is 1.01. The van der Waals surface area contributed by atoms with Crippen LogP contribution >= 0.6 is 0 Å². The molecule has 1 aromatic rings. The van der Waals surface area contributed by atoms with Gasteiger partial charge in [-0.15, -0.1) is 0 Å². The number of pyridine rings is 1. The second-order valence-electron chi connectivity index (χ2n) is 3.00. The Morgan fingerprint density at radius 2 is 2.06 bits per heavy atom. The Morgan fingerprint density at radius 1 is 1.38 bits per heavy atom. The molecule has 0 atom stereocenters. The largest absolute Gasteiger partial charge is 0.419 e. The highest BCUT2D eigenvalue weighted by molar-refractivity contribution is 5.47. The summed E-state index contributed by atoms with van der Waals surface area (Å²) in [4.78, 5) is 3.45. The number of nitrogen functional groups attached to an aromatic ring is 1. The van der Waals surface area contributed by atoms with Crippen molar-refractivity contribution in [2.75, 3.05) is 12.3 Å². The van der Waals surface area contributed by atoms with Gasteiger partial charge in [-0.25, -0.2) is 4.98 Å². The summed E-state index contributed by atoms with van der Waals surface area (Å²) in [5.41, 5.74) is 9.54. The van der Waals surface area contributed by atoms with Crippen LogP contribution in [0.5, 0.6) is 0 Å². The first-order chi connectivity index (χ1) is 7.45. The quantitative estimate of drug-likeness (QED) is 0.715. The van der Waals surface area contributed by atoms with Crippen LogP contribution in [0.3, 0.4) is 0 Å². The van der Waals surface area contributed by atoms with Crippen molar-refractivity contribution in [2.45, 2.75) is 12.6 Å². The highest BCUT2D eigenvalue weighted by atomic mass is 19.4. The van der Waals surface area contributed by atoms with E-state index in [-0.39, 0.29) is 5.56 Å². The Bertz CT molecular complexity index is 429. The molecule has 1 rings (SSSR count). The SMILES string of the molecule is NCCC#Cc1cnc(N)c(C(F)(F)F)c1. The lowest BCUT2D eigenvalue weighted by molar-refractivity contribution is -0.137. The van der Waals surface area contributed by atoms with Crippen molar-refractivity contribution in [1.82, 2.24) is 4.98 Å². The van der Waals surface area contributed by atoms with Crippen molar-refractivity contribution < 1.29 is 13.2 Å². The molecule has 3 nitrogen and oxygen atoms in total. The van der Waals surface area contributed by atoms with E-state index in [0.29, 0.717) is 13.0 Å². The second-order valence-corrected chi connectivity index (χ2v) is 3.00. The van der Waals surface area contributed by atoms with Crippen LogP contribution in [0, 0.1) is 11.8 Å². The number of aromatic nitrogens is 1. The predicted octanol–water partition coefficient (Wildman–Crippen LogP) is 1.38. The minimum atomic E-state index is -4.51. The summed E-state index contributed by atoms with van der Waals surface area (Å²) in [7, 11) is 0. The van der Waals surface area contributed by atoms with Crippen LogP contribution < -0.4 is 11.5 Å². The van der Waals surface area contributed by atoms with Crippen LogP contribution in [-0.4, -0.2) is 11.5 Å². The lowest BCUT2D eigenvalue weighted by Crippen LogP contribution is -2.10. The molecule has 0 saturated heterocycles. The summed E-state index contributed by atoms with van der Waals surface area (Å²) >= 11 is 0. The number of alkyl halides is 3. The second kappa shape index (κ2) is 4.86. The Balaban J connectivity index is 3.05. The average molecular weight is 229 g/mol. The summed E-state index contributed by atoms with van der Waals surface area (Å²) in [6.45, 7) is 0.363.